The zero-order valence-electron chi connectivity index (χ0n) is 6.92. The van der Waals surface area contributed by atoms with E-state index in [1.165, 1.54) is 0 Å². The molecule has 0 aromatic carbocycles. The summed E-state index contributed by atoms with van der Waals surface area (Å²) in [7, 11) is 0. The van der Waals surface area contributed by atoms with Gasteiger partial charge in [0.25, 0.3) is 0 Å². The van der Waals surface area contributed by atoms with Crippen LogP contribution >= 0.6 is 0 Å². The highest BCUT2D eigenvalue weighted by Crippen LogP contribution is 2.14. The van der Waals surface area contributed by atoms with Crippen molar-refractivity contribution >= 4 is 6.08 Å². The molecule has 0 amide bonds. The summed E-state index contributed by atoms with van der Waals surface area (Å²) in [6, 6.07) is 2.00. The predicted molar refractivity (Wildman–Crippen MR) is 46.3 cm³/mol. The van der Waals surface area contributed by atoms with Gasteiger partial charge < -0.3 is 10.2 Å². The molecule has 0 radical (unpaired) electrons. The Morgan fingerprint density at radius 3 is 2.73 bits per heavy atom. The van der Waals surface area contributed by atoms with Crippen molar-refractivity contribution in [2.45, 2.75) is 13.8 Å². The summed E-state index contributed by atoms with van der Waals surface area (Å²) in [5.74, 6) is 1.89. The Morgan fingerprint density at radius 2 is 2.27 bits per heavy atom. The zero-order valence-corrected chi connectivity index (χ0v) is 6.92. The fourth-order valence-corrected chi connectivity index (χ4v) is 1.01. The average molecular weight is 151 g/mol. The molecule has 0 unspecified atom stereocenters. The quantitative estimate of drug-likeness (QED) is 0.700. The molecule has 11 heavy (non-hydrogen) atoms. The summed E-state index contributed by atoms with van der Waals surface area (Å²) in [5.41, 5.74) is 6.43. The standard InChI is InChI=1S/C9H13NO/c1-7-6-9(4-3-5-10)8(2)11-7/h3-4,6H,5,10H2,1-2H3/b4-3+. The number of aryl methyl sites for hydroxylation is 2. The molecule has 1 rings (SSSR count). The van der Waals surface area contributed by atoms with Crippen LogP contribution in [0.1, 0.15) is 17.1 Å². The third kappa shape index (κ3) is 1.95. The second-order valence-electron chi connectivity index (χ2n) is 2.51. The Labute approximate surface area is 66.7 Å². The Balaban J connectivity index is 2.85. The molecule has 0 bridgehead atoms. The van der Waals surface area contributed by atoms with Crippen molar-refractivity contribution in [1.29, 1.82) is 0 Å². The lowest BCUT2D eigenvalue weighted by atomic mass is 10.2. The van der Waals surface area contributed by atoms with E-state index in [9.17, 15) is 0 Å². The molecule has 0 aliphatic heterocycles. The first-order valence-corrected chi connectivity index (χ1v) is 3.67. The maximum atomic E-state index is 5.32. The lowest BCUT2D eigenvalue weighted by Crippen LogP contribution is -1.91. The lowest BCUT2D eigenvalue weighted by molar-refractivity contribution is 0.504. The van der Waals surface area contributed by atoms with Crippen LogP contribution in [0.5, 0.6) is 0 Å². The van der Waals surface area contributed by atoms with E-state index in [1.807, 2.05) is 32.1 Å². The second-order valence-corrected chi connectivity index (χ2v) is 2.51. The van der Waals surface area contributed by atoms with E-state index in [1.54, 1.807) is 0 Å². The van der Waals surface area contributed by atoms with Crippen LogP contribution in [-0.2, 0) is 0 Å². The topological polar surface area (TPSA) is 39.2 Å². The molecule has 2 heteroatoms. The highest BCUT2D eigenvalue weighted by molar-refractivity contribution is 5.51. The summed E-state index contributed by atoms with van der Waals surface area (Å²) in [5, 5.41) is 0. The third-order valence-corrected chi connectivity index (χ3v) is 1.51. The fourth-order valence-electron chi connectivity index (χ4n) is 1.01. The van der Waals surface area contributed by atoms with Gasteiger partial charge in [0.15, 0.2) is 0 Å². The van der Waals surface area contributed by atoms with Crippen LogP contribution in [0.15, 0.2) is 16.6 Å². The molecule has 0 aliphatic rings. The molecule has 2 N–H and O–H groups in total. The fraction of sp³-hybridized carbons (Fsp3) is 0.333. The van der Waals surface area contributed by atoms with Crippen LogP contribution in [0.25, 0.3) is 6.08 Å². The molecular formula is C9H13NO. The van der Waals surface area contributed by atoms with Gasteiger partial charge in [0.05, 0.1) is 0 Å². The van der Waals surface area contributed by atoms with Crippen molar-refractivity contribution in [2.24, 2.45) is 5.73 Å². The molecule has 1 aromatic heterocycles. The van der Waals surface area contributed by atoms with Gasteiger partial charge in [-0.05, 0) is 19.9 Å². The van der Waals surface area contributed by atoms with E-state index >= 15 is 0 Å². The van der Waals surface area contributed by atoms with Crippen molar-refractivity contribution in [2.75, 3.05) is 6.54 Å². The van der Waals surface area contributed by atoms with Gasteiger partial charge >= 0.3 is 0 Å². The van der Waals surface area contributed by atoms with Gasteiger partial charge in [0.1, 0.15) is 11.5 Å². The average Bonchev–Trinajstić information content (AvgIpc) is 2.26. The van der Waals surface area contributed by atoms with Gasteiger partial charge in [-0.25, -0.2) is 0 Å². The molecule has 60 valence electrons. The van der Waals surface area contributed by atoms with Gasteiger partial charge in [-0.1, -0.05) is 12.2 Å². The first kappa shape index (κ1) is 8.08. The Morgan fingerprint density at radius 1 is 1.55 bits per heavy atom. The molecule has 0 atom stereocenters. The normalized spacial score (nSPS) is 11.2. The Kier molecular flexibility index (Phi) is 2.49. The Bertz CT molecular complexity index is 261. The molecule has 2 nitrogen and oxygen atoms in total. The molecule has 1 aromatic rings. The van der Waals surface area contributed by atoms with Gasteiger partial charge in [0.2, 0.25) is 0 Å². The molecule has 0 spiro atoms. The van der Waals surface area contributed by atoms with Gasteiger partial charge in [-0.3, -0.25) is 0 Å². The monoisotopic (exact) mass is 151 g/mol. The largest absolute Gasteiger partial charge is 0.466 e. The van der Waals surface area contributed by atoms with Crippen LogP contribution in [0.2, 0.25) is 0 Å². The summed E-state index contributed by atoms with van der Waals surface area (Å²) in [6.45, 7) is 4.46. The van der Waals surface area contributed by atoms with E-state index < -0.39 is 0 Å². The summed E-state index contributed by atoms with van der Waals surface area (Å²) >= 11 is 0. The molecule has 0 aliphatic carbocycles. The van der Waals surface area contributed by atoms with Crippen molar-refractivity contribution < 1.29 is 4.42 Å². The molecule has 0 saturated heterocycles. The zero-order chi connectivity index (χ0) is 8.27. The summed E-state index contributed by atoms with van der Waals surface area (Å²) < 4.78 is 5.32. The Hall–Kier alpha value is -1.02. The number of nitrogens with two attached hydrogens (primary N) is 1. The van der Waals surface area contributed by atoms with E-state index in [0.717, 1.165) is 17.1 Å². The first-order valence-electron chi connectivity index (χ1n) is 3.67. The van der Waals surface area contributed by atoms with Crippen LogP contribution in [-0.4, -0.2) is 6.54 Å². The molecular weight excluding hydrogens is 138 g/mol. The third-order valence-electron chi connectivity index (χ3n) is 1.51. The van der Waals surface area contributed by atoms with Crippen LogP contribution < -0.4 is 5.73 Å². The van der Waals surface area contributed by atoms with Crippen molar-refractivity contribution in [3.8, 4) is 0 Å². The number of rotatable bonds is 2. The summed E-state index contributed by atoms with van der Waals surface area (Å²) in [4.78, 5) is 0. The van der Waals surface area contributed by atoms with Crippen molar-refractivity contribution in [3.63, 3.8) is 0 Å². The number of hydrogen-bond donors (Lipinski definition) is 1. The summed E-state index contributed by atoms with van der Waals surface area (Å²) in [6.07, 6.45) is 3.89. The van der Waals surface area contributed by atoms with Crippen LogP contribution in [0.3, 0.4) is 0 Å². The SMILES string of the molecule is Cc1cc(/C=C/CN)c(C)o1. The van der Waals surface area contributed by atoms with E-state index in [4.69, 9.17) is 10.2 Å². The number of hydrogen-bond acceptors (Lipinski definition) is 2. The van der Waals surface area contributed by atoms with Crippen LogP contribution in [0, 0.1) is 13.8 Å². The first-order chi connectivity index (χ1) is 5.24. The van der Waals surface area contributed by atoms with E-state index in [2.05, 4.69) is 0 Å². The predicted octanol–water partition coefficient (Wildman–Crippen LogP) is 1.87. The van der Waals surface area contributed by atoms with E-state index in [-0.39, 0.29) is 0 Å². The van der Waals surface area contributed by atoms with Crippen molar-refractivity contribution in [3.05, 3.63) is 29.2 Å². The highest BCUT2D eigenvalue weighted by atomic mass is 16.3. The van der Waals surface area contributed by atoms with Gasteiger partial charge in [0, 0.05) is 12.1 Å². The number of furan rings is 1. The molecule has 0 saturated carbocycles. The van der Waals surface area contributed by atoms with Gasteiger partial charge in [-0.15, -0.1) is 0 Å². The molecule has 1 heterocycles. The second kappa shape index (κ2) is 3.39. The van der Waals surface area contributed by atoms with Gasteiger partial charge in [-0.2, -0.15) is 0 Å². The van der Waals surface area contributed by atoms with Crippen LogP contribution in [0.4, 0.5) is 0 Å². The van der Waals surface area contributed by atoms with E-state index in [0.29, 0.717) is 6.54 Å². The van der Waals surface area contributed by atoms with Crippen molar-refractivity contribution in [1.82, 2.24) is 0 Å². The lowest BCUT2D eigenvalue weighted by Gasteiger charge is -1.85. The minimum atomic E-state index is 0.573. The highest BCUT2D eigenvalue weighted by Gasteiger charge is 1.98. The smallest absolute Gasteiger partial charge is 0.108 e. The minimum Gasteiger partial charge on any atom is -0.466 e. The minimum absolute atomic E-state index is 0.573. The molecule has 0 fully saturated rings. The maximum absolute atomic E-state index is 5.32. The maximum Gasteiger partial charge on any atom is 0.108 e.